The first-order chi connectivity index (χ1) is 15.1. The van der Waals surface area contributed by atoms with Crippen molar-refractivity contribution in [3.05, 3.63) is 53.9 Å². The molecule has 1 aliphatic heterocycles. The highest BCUT2D eigenvalue weighted by Gasteiger charge is 2.38. The molecule has 0 saturated carbocycles. The van der Waals surface area contributed by atoms with Crippen LogP contribution in [0.1, 0.15) is 24.2 Å². The highest BCUT2D eigenvalue weighted by atomic mass is 32.2. The van der Waals surface area contributed by atoms with Gasteiger partial charge in [0.2, 0.25) is 5.82 Å². The van der Waals surface area contributed by atoms with Crippen LogP contribution >= 0.6 is 0 Å². The quantitative estimate of drug-likeness (QED) is 0.617. The Kier molecular flexibility index (Phi) is 5.93. The molecule has 32 heavy (non-hydrogen) atoms. The fourth-order valence-corrected chi connectivity index (χ4v) is 5.27. The number of aliphatic hydroxyl groups is 1. The standard InChI is InChI=1S/C22H24F3N3O3S/c1-32(30,31)20-12-17(7-6-16(20)14-29)27-10-8-15(9-11-27)13-28-19-5-3-2-4-18(19)26-21(28)22(23,24)25/h2-7,12,15,29H,8-11,13-14H2,1H3. The molecule has 3 aromatic rings. The Balaban J connectivity index is 1.52. The average molecular weight is 468 g/mol. The zero-order chi connectivity index (χ0) is 23.1. The molecule has 2 heterocycles. The van der Waals surface area contributed by atoms with Crippen molar-refractivity contribution in [2.75, 3.05) is 24.2 Å². The Morgan fingerprint density at radius 2 is 1.81 bits per heavy atom. The van der Waals surface area contributed by atoms with E-state index in [9.17, 15) is 26.7 Å². The summed E-state index contributed by atoms with van der Waals surface area (Å²) in [6, 6.07) is 11.5. The van der Waals surface area contributed by atoms with Crippen LogP contribution in [0.25, 0.3) is 11.0 Å². The van der Waals surface area contributed by atoms with Gasteiger partial charge >= 0.3 is 6.18 Å². The number of aromatic nitrogens is 2. The lowest BCUT2D eigenvalue weighted by Crippen LogP contribution is -2.35. The Hall–Kier alpha value is -2.59. The number of hydrogen-bond donors (Lipinski definition) is 1. The van der Waals surface area contributed by atoms with Crippen LogP contribution in [0.5, 0.6) is 0 Å². The van der Waals surface area contributed by atoms with E-state index in [1.807, 2.05) is 4.90 Å². The number of alkyl halides is 3. The number of halogens is 3. The van der Waals surface area contributed by atoms with Gasteiger partial charge in [-0.1, -0.05) is 18.2 Å². The Labute approximate surface area is 184 Å². The van der Waals surface area contributed by atoms with Crippen molar-refractivity contribution in [1.29, 1.82) is 0 Å². The first-order valence-electron chi connectivity index (χ1n) is 10.3. The van der Waals surface area contributed by atoms with Crippen molar-refractivity contribution in [3.8, 4) is 0 Å². The van der Waals surface area contributed by atoms with Gasteiger partial charge in [0, 0.05) is 31.6 Å². The number of fused-ring (bicyclic) bond motifs is 1. The Morgan fingerprint density at radius 1 is 1.12 bits per heavy atom. The molecule has 0 atom stereocenters. The molecule has 1 aromatic heterocycles. The summed E-state index contributed by atoms with van der Waals surface area (Å²) in [6.07, 6.45) is -2.10. The van der Waals surface area contributed by atoms with Crippen LogP contribution in [0.4, 0.5) is 18.9 Å². The van der Waals surface area contributed by atoms with Gasteiger partial charge in [0.15, 0.2) is 9.84 Å². The van der Waals surface area contributed by atoms with Gasteiger partial charge in [0.1, 0.15) is 0 Å². The summed E-state index contributed by atoms with van der Waals surface area (Å²) in [5.74, 6) is -0.838. The summed E-state index contributed by atoms with van der Waals surface area (Å²) >= 11 is 0. The first kappa shape index (κ1) is 22.6. The number of imidazole rings is 1. The van der Waals surface area contributed by atoms with Gasteiger partial charge in [-0.2, -0.15) is 13.2 Å². The van der Waals surface area contributed by atoms with Gasteiger partial charge < -0.3 is 14.6 Å². The Morgan fingerprint density at radius 3 is 2.44 bits per heavy atom. The molecule has 0 unspecified atom stereocenters. The normalized spacial score (nSPS) is 16.1. The third-order valence-electron chi connectivity index (χ3n) is 5.95. The summed E-state index contributed by atoms with van der Waals surface area (Å²) < 4.78 is 66.1. The lowest BCUT2D eigenvalue weighted by Gasteiger charge is -2.34. The lowest BCUT2D eigenvalue weighted by atomic mass is 9.96. The first-order valence-corrected chi connectivity index (χ1v) is 12.2. The molecular weight excluding hydrogens is 443 g/mol. The minimum absolute atomic E-state index is 0.0380. The molecule has 172 valence electrons. The van der Waals surface area contributed by atoms with Crippen LogP contribution in [0.15, 0.2) is 47.4 Å². The molecule has 0 spiro atoms. The maximum atomic E-state index is 13.6. The van der Waals surface area contributed by atoms with E-state index in [1.54, 1.807) is 42.5 Å². The van der Waals surface area contributed by atoms with Crippen molar-refractivity contribution in [3.63, 3.8) is 0 Å². The second kappa shape index (κ2) is 8.40. The monoisotopic (exact) mass is 467 g/mol. The molecule has 1 N–H and O–H groups in total. The number of rotatable bonds is 5. The van der Waals surface area contributed by atoms with Gasteiger partial charge in [0.25, 0.3) is 0 Å². The predicted octanol–water partition coefficient (Wildman–Crippen LogP) is 3.87. The van der Waals surface area contributed by atoms with Crippen molar-refractivity contribution in [2.45, 2.75) is 37.1 Å². The van der Waals surface area contributed by atoms with E-state index in [1.165, 1.54) is 4.57 Å². The molecule has 4 rings (SSSR count). The topological polar surface area (TPSA) is 75.4 Å². The Bertz CT molecular complexity index is 1230. The summed E-state index contributed by atoms with van der Waals surface area (Å²) in [7, 11) is -3.49. The molecule has 2 aromatic carbocycles. The second-order valence-corrected chi connectivity index (χ2v) is 10.2. The number of anilines is 1. The minimum Gasteiger partial charge on any atom is -0.392 e. The van der Waals surface area contributed by atoms with E-state index >= 15 is 0 Å². The van der Waals surface area contributed by atoms with Crippen LogP contribution in [0.3, 0.4) is 0 Å². The lowest BCUT2D eigenvalue weighted by molar-refractivity contribution is -0.147. The smallest absolute Gasteiger partial charge is 0.392 e. The van der Waals surface area contributed by atoms with E-state index in [4.69, 9.17) is 0 Å². The van der Waals surface area contributed by atoms with Crippen molar-refractivity contribution in [2.24, 2.45) is 5.92 Å². The zero-order valence-electron chi connectivity index (χ0n) is 17.5. The van der Waals surface area contributed by atoms with Gasteiger partial charge in [-0.25, -0.2) is 13.4 Å². The van der Waals surface area contributed by atoms with Crippen molar-refractivity contribution < 1.29 is 26.7 Å². The summed E-state index contributed by atoms with van der Waals surface area (Å²) in [5, 5.41) is 9.43. The minimum atomic E-state index is -4.53. The average Bonchev–Trinajstić information content (AvgIpc) is 3.12. The highest BCUT2D eigenvalue weighted by Crippen LogP contribution is 2.34. The molecule has 0 radical (unpaired) electrons. The summed E-state index contributed by atoms with van der Waals surface area (Å²) in [4.78, 5) is 5.94. The number of benzene rings is 2. The number of nitrogens with zero attached hydrogens (tertiary/aromatic N) is 3. The predicted molar refractivity (Wildman–Crippen MR) is 115 cm³/mol. The molecule has 1 fully saturated rings. The molecule has 6 nitrogen and oxygen atoms in total. The highest BCUT2D eigenvalue weighted by molar-refractivity contribution is 7.90. The zero-order valence-corrected chi connectivity index (χ0v) is 18.3. The number of aliphatic hydroxyl groups excluding tert-OH is 1. The van der Waals surface area contributed by atoms with Gasteiger partial charge in [0.05, 0.1) is 22.5 Å². The molecule has 0 bridgehead atoms. The second-order valence-electron chi connectivity index (χ2n) is 8.19. The summed E-state index contributed by atoms with van der Waals surface area (Å²) in [5.41, 5.74) is 1.87. The van der Waals surface area contributed by atoms with Crippen LogP contribution < -0.4 is 4.90 Å². The third kappa shape index (κ3) is 4.47. The molecule has 1 saturated heterocycles. The SMILES string of the molecule is CS(=O)(=O)c1cc(N2CCC(Cn3c(C(F)(F)F)nc4ccccc43)CC2)ccc1CO. The summed E-state index contributed by atoms with van der Waals surface area (Å²) in [6.45, 7) is 1.05. The van der Waals surface area contributed by atoms with Crippen LogP contribution in [0.2, 0.25) is 0 Å². The fraction of sp³-hybridized carbons (Fsp3) is 0.409. The largest absolute Gasteiger partial charge is 0.449 e. The maximum Gasteiger partial charge on any atom is 0.449 e. The van der Waals surface area contributed by atoms with Gasteiger partial charge in [-0.05, 0) is 48.6 Å². The number of hydrogen-bond acceptors (Lipinski definition) is 5. The van der Waals surface area contributed by atoms with Gasteiger partial charge in [-0.15, -0.1) is 0 Å². The fourth-order valence-electron chi connectivity index (χ4n) is 4.32. The molecule has 0 aliphatic carbocycles. The third-order valence-corrected chi connectivity index (χ3v) is 7.13. The number of piperidine rings is 1. The number of sulfone groups is 1. The van der Waals surface area contributed by atoms with E-state index < -0.39 is 21.8 Å². The molecule has 10 heteroatoms. The van der Waals surface area contributed by atoms with Crippen LogP contribution in [-0.4, -0.2) is 42.4 Å². The van der Waals surface area contributed by atoms with E-state index in [-0.39, 0.29) is 24.0 Å². The van der Waals surface area contributed by atoms with Crippen LogP contribution in [0, 0.1) is 5.92 Å². The van der Waals surface area contributed by atoms with E-state index in [0.29, 0.717) is 42.5 Å². The van der Waals surface area contributed by atoms with Crippen molar-refractivity contribution in [1.82, 2.24) is 9.55 Å². The van der Waals surface area contributed by atoms with Crippen molar-refractivity contribution >= 4 is 26.6 Å². The molecule has 1 aliphatic rings. The van der Waals surface area contributed by atoms with E-state index in [0.717, 1.165) is 11.9 Å². The molecular formula is C22H24F3N3O3S. The molecule has 0 amide bonds. The van der Waals surface area contributed by atoms with Crippen LogP contribution in [-0.2, 0) is 29.2 Å². The number of para-hydroxylation sites is 2. The van der Waals surface area contributed by atoms with Gasteiger partial charge in [-0.3, -0.25) is 0 Å². The van der Waals surface area contributed by atoms with E-state index in [2.05, 4.69) is 4.98 Å². The maximum absolute atomic E-state index is 13.6.